The topological polar surface area (TPSA) is 133 Å². The molecule has 0 bridgehead atoms. The standard InChI is InChI=1S/C31H39N5O6/c1-8-17(2)28(31(39)34-20-15-32-36(4)16-20)35-24-12-10-21-22(14-25(24)38)23(33-18(3)37)11-9-19-13-26(40-5)29(41-6)30(42-7)27(19)21/h10,12-17,23,28H,8-9,11H2,1-7H3,(H,33,37)(H,34,39)(H,35,38). The smallest absolute Gasteiger partial charge is 0.247 e. The molecular formula is C31H39N5O6. The van der Waals surface area contributed by atoms with E-state index in [-0.39, 0.29) is 28.8 Å². The van der Waals surface area contributed by atoms with E-state index >= 15 is 0 Å². The number of nitrogens with zero attached hydrogens (tertiary/aromatic N) is 2. The van der Waals surface area contributed by atoms with Crippen LogP contribution in [0.5, 0.6) is 17.2 Å². The van der Waals surface area contributed by atoms with Crippen LogP contribution in [0.3, 0.4) is 0 Å². The fraction of sp³-hybridized carbons (Fsp3) is 0.419. The second-order valence-corrected chi connectivity index (χ2v) is 10.5. The Balaban J connectivity index is 1.87. The van der Waals surface area contributed by atoms with Gasteiger partial charge in [0.2, 0.25) is 23.0 Å². The number of ether oxygens (including phenoxy) is 3. The molecule has 0 saturated carbocycles. The number of aryl methyl sites for hydroxylation is 2. The van der Waals surface area contributed by atoms with Gasteiger partial charge in [-0.15, -0.1) is 0 Å². The van der Waals surface area contributed by atoms with E-state index in [1.165, 1.54) is 13.0 Å². The van der Waals surface area contributed by atoms with Gasteiger partial charge in [0.25, 0.3) is 0 Å². The lowest BCUT2D eigenvalue weighted by Crippen LogP contribution is -2.40. The van der Waals surface area contributed by atoms with E-state index in [1.54, 1.807) is 51.5 Å². The van der Waals surface area contributed by atoms with Crippen LogP contribution in [0.4, 0.5) is 11.4 Å². The molecule has 224 valence electrons. The van der Waals surface area contributed by atoms with Crippen LogP contribution in [0.15, 0.2) is 41.5 Å². The van der Waals surface area contributed by atoms with E-state index in [9.17, 15) is 14.4 Å². The molecule has 1 heterocycles. The minimum absolute atomic E-state index is 0.0888. The van der Waals surface area contributed by atoms with E-state index in [1.807, 2.05) is 26.0 Å². The van der Waals surface area contributed by atoms with Gasteiger partial charge in [-0.1, -0.05) is 26.3 Å². The quantitative estimate of drug-likeness (QED) is 0.329. The first-order chi connectivity index (χ1) is 20.1. The maximum absolute atomic E-state index is 13.8. The molecule has 3 aromatic rings. The molecule has 2 aromatic carbocycles. The third-order valence-corrected chi connectivity index (χ3v) is 7.69. The minimum Gasteiger partial charge on any atom is -0.493 e. The van der Waals surface area contributed by atoms with Gasteiger partial charge in [-0.05, 0) is 53.6 Å². The molecule has 42 heavy (non-hydrogen) atoms. The van der Waals surface area contributed by atoms with Crippen LogP contribution in [-0.2, 0) is 23.1 Å². The first-order valence-electron chi connectivity index (χ1n) is 13.9. The number of amides is 2. The number of carbonyl (C=O) groups excluding carboxylic acids is 2. The average molecular weight is 578 g/mol. The average Bonchev–Trinajstić information content (AvgIpc) is 3.23. The number of carbonyl (C=O) groups is 2. The van der Waals surface area contributed by atoms with Crippen LogP contribution < -0.4 is 35.6 Å². The SMILES string of the molecule is CCC(C)C(Nc1ccc2c(cc1=O)C(NC(C)=O)CCc1cc(OC)c(OC)c(OC)c1-2)C(=O)Nc1cnn(C)c1. The highest BCUT2D eigenvalue weighted by Crippen LogP contribution is 2.50. The summed E-state index contributed by atoms with van der Waals surface area (Å²) in [5.41, 5.74) is 3.56. The second kappa shape index (κ2) is 13.0. The third-order valence-electron chi connectivity index (χ3n) is 7.69. The monoisotopic (exact) mass is 577 g/mol. The molecule has 11 heteroatoms. The zero-order valence-electron chi connectivity index (χ0n) is 25.2. The number of aromatic nitrogens is 2. The minimum atomic E-state index is -0.692. The summed E-state index contributed by atoms with van der Waals surface area (Å²) in [6, 6.07) is 5.84. The van der Waals surface area contributed by atoms with Crippen molar-refractivity contribution in [2.75, 3.05) is 32.0 Å². The fourth-order valence-corrected chi connectivity index (χ4v) is 5.40. The van der Waals surface area contributed by atoms with Gasteiger partial charge in [-0.25, -0.2) is 0 Å². The van der Waals surface area contributed by atoms with Crippen molar-refractivity contribution in [3.63, 3.8) is 0 Å². The summed E-state index contributed by atoms with van der Waals surface area (Å²) in [6.45, 7) is 5.40. The third kappa shape index (κ3) is 6.19. The maximum Gasteiger partial charge on any atom is 0.247 e. The van der Waals surface area contributed by atoms with E-state index in [0.717, 1.165) is 11.1 Å². The highest BCUT2D eigenvalue weighted by atomic mass is 16.5. The number of methoxy groups -OCH3 is 3. The van der Waals surface area contributed by atoms with Crippen molar-refractivity contribution in [1.82, 2.24) is 15.1 Å². The number of fused-ring (bicyclic) bond motifs is 3. The van der Waals surface area contributed by atoms with Crippen LogP contribution in [0.2, 0.25) is 0 Å². The van der Waals surface area contributed by atoms with Crippen molar-refractivity contribution < 1.29 is 23.8 Å². The number of hydrogen-bond donors (Lipinski definition) is 3. The summed E-state index contributed by atoms with van der Waals surface area (Å²) in [5, 5.41) is 13.2. The maximum atomic E-state index is 13.8. The molecule has 0 fully saturated rings. The zero-order chi connectivity index (χ0) is 30.6. The van der Waals surface area contributed by atoms with Crippen LogP contribution in [0.25, 0.3) is 11.1 Å². The summed E-state index contributed by atoms with van der Waals surface area (Å²) >= 11 is 0. The van der Waals surface area contributed by atoms with E-state index in [0.29, 0.717) is 53.3 Å². The molecule has 1 aliphatic carbocycles. The number of nitrogens with one attached hydrogen (secondary N) is 3. The van der Waals surface area contributed by atoms with Crippen molar-refractivity contribution in [3.8, 4) is 28.4 Å². The molecule has 4 rings (SSSR count). The van der Waals surface area contributed by atoms with Gasteiger partial charge >= 0.3 is 0 Å². The molecule has 3 unspecified atom stereocenters. The first kappa shape index (κ1) is 30.4. The Bertz CT molecular complexity index is 1530. The number of anilines is 2. The zero-order valence-corrected chi connectivity index (χ0v) is 25.2. The fourth-order valence-electron chi connectivity index (χ4n) is 5.40. The van der Waals surface area contributed by atoms with Gasteiger partial charge in [-0.3, -0.25) is 19.1 Å². The van der Waals surface area contributed by atoms with E-state index in [4.69, 9.17) is 14.2 Å². The van der Waals surface area contributed by atoms with Gasteiger partial charge < -0.3 is 30.2 Å². The molecule has 0 aliphatic heterocycles. The van der Waals surface area contributed by atoms with Crippen molar-refractivity contribution in [1.29, 1.82) is 0 Å². The number of benzene rings is 1. The van der Waals surface area contributed by atoms with E-state index in [2.05, 4.69) is 21.0 Å². The molecule has 2 amide bonds. The molecule has 3 atom stereocenters. The second-order valence-electron chi connectivity index (χ2n) is 10.5. The molecule has 1 aromatic heterocycles. The summed E-state index contributed by atoms with van der Waals surface area (Å²) in [5.74, 6) is 0.854. The molecule has 1 aliphatic rings. The van der Waals surface area contributed by atoms with Gasteiger partial charge in [0, 0.05) is 25.7 Å². The Labute approximate surface area is 245 Å². The van der Waals surface area contributed by atoms with Gasteiger partial charge in [-0.2, -0.15) is 5.10 Å². The predicted molar refractivity (Wildman–Crippen MR) is 161 cm³/mol. The molecule has 0 radical (unpaired) electrons. The van der Waals surface area contributed by atoms with Crippen LogP contribution in [-0.4, -0.2) is 49.0 Å². The summed E-state index contributed by atoms with van der Waals surface area (Å²) in [4.78, 5) is 39.4. The van der Waals surface area contributed by atoms with Gasteiger partial charge in [0.1, 0.15) is 6.04 Å². The molecule has 11 nitrogen and oxygen atoms in total. The highest BCUT2D eigenvalue weighted by molar-refractivity contribution is 5.96. The molecule has 3 N–H and O–H groups in total. The number of rotatable bonds is 10. The lowest BCUT2D eigenvalue weighted by Gasteiger charge is -2.23. The Morgan fingerprint density at radius 3 is 2.45 bits per heavy atom. The van der Waals surface area contributed by atoms with E-state index < -0.39 is 12.1 Å². The van der Waals surface area contributed by atoms with Crippen molar-refractivity contribution in [3.05, 3.63) is 58.0 Å². The first-order valence-corrected chi connectivity index (χ1v) is 13.9. The summed E-state index contributed by atoms with van der Waals surface area (Å²) < 4.78 is 18.7. The molecule has 0 saturated heterocycles. The highest BCUT2D eigenvalue weighted by Gasteiger charge is 2.30. The normalized spacial score (nSPS) is 15.3. The van der Waals surface area contributed by atoms with Crippen molar-refractivity contribution >= 4 is 23.2 Å². The predicted octanol–water partition coefficient (Wildman–Crippen LogP) is 4.06. The largest absolute Gasteiger partial charge is 0.493 e. The van der Waals surface area contributed by atoms with Gasteiger partial charge in [0.15, 0.2) is 11.5 Å². The number of hydrogen-bond acceptors (Lipinski definition) is 8. The lowest BCUT2D eigenvalue weighted by atomic mass is 9.95. The Morgan fingerprint density at radius 1 is 1.12 bits per heavy atom. The Morgan fingerprint density at radius 2 is 1.86 bits per heavy atom. The van der Waals surface area contributed by atoms with Crippen molar-refractivity contribution in [2.45, 2.75) is 52.1 Å². The molecular weight excluding hydrogens is 538 g/mol. The van der Waals surface area contributed by atoms with Crippen LogP contribution in [0.1, 0.15) is 50.8 Å². The summed E-state index contributed by atoms with van der Waals surface area (Å²) in [7, 11) is 6.43. The van der Waals surface area contributed by atoms with Crippen LogP contribution >= 0.6 is 0 Å². The summed E-state index contributed by atoms with van der Waals surface area (Å²) in [6.07, 6.45) is 5.13. The lowest BCUT2D eigenvalue weighted by molar-refractivity contribution is -0.120. The molecule has 0 spiro atoms. The Kier molecular flexibility index (Phi) is 9.39. The van der Waals surface area contributed by atoms with Crippen molar-refractivity contribution in [2.24, 2.45) is 13.0 Å². The van der Waals surface area contributed by atoms with Crippen LogP contribution in [0, 0.1) is 5.92 Å². The Hall–Kier alpha value is -4.54. The van der Waals surface area contributed by atoms with Gasteiger partial charge in [0.05, 0.1) is 44.9 Å².